The lowest BCUT2D eigenvalue weighted by Gasteiger charge is -2.20. The monoisotopic (exact) mass is 316 g/mol. The van der Waals surface area contributed by atoms with Crippen molar-refractivity contribution in [3.63, 3.8) is 0 Å². The van der Waals surface area contributed by atoms with Crippen molar-refractivity contribution in [1.82, 2.24) is 4.90 Å². The second-order valence-corrected chi connectivity index (χ2v) is 7.80. The highest BCUT2D eigenvalue weighted by atomic mass is 35.5. The molecule has 1 aliphatic rings. The van der Waals surface area contributed by atoms with Crippen LogP contribution in [0.2, 0.25) is 5.02 Å². The van der Waals surface area contributed by atoms with Crippen LogP contribution >= 0.6 is 11.6 Å². The molecule has 1 amide bonds. The molecule has 20 heavy (non-hydrogen) atoms. The molecule has 0 bridgehead atoms. The van der Waals surface area contributed by atoms with Gasteiger partial charge in [-0.25, -0.2) is 13.6 Å². The Morgan fingerprint density at radius 3 is 2.55 bits per heavy atom. The Morgan fingerprint density at radius 2 is 2.05 bits per heavy atom. The molecule has 110 valence electrons. The Labute approximate surface area is 123 Å². The first-order valence-corrected chi connectivity index (χ1v) is 8.14. The fourth-order valence-corrected chi connectivity index (χ4v) is 3.04. The summed E-state index contributed by atoms with van der Waals surface area (Å²) in [5.41, 5.74) is 0.246. The van der Waals surface area contributed by atoms with Gasteiger partial charge in [-0.1, -0.05) is 25.4 Å². The summed E-state index contributed by atoms with van der Waals surface area (Å²) in [5.74, 6) is -0.258. The Kier molecular flexibility index (Phi) is 3.83. The smallest absolute Gasteiger partial charge is 0.255 e. The Morgan fingerprint density at radius 1 is 1.40 bits per heavy atom. The first-order chi connectivity index (χ1) is 9.10. The van der Waals surface area contributed by atoms with Gasteiger partial charge in [-0.05, 0) is 30.0 Å². The van der Waals surface area contributed by atoms with E-state index < -0.39 is 10.0 Å². The molecule has 0 aromatic heterocycles. The van der Waals surface area contributed by atoms with Crippen molar-refractivity contribution in [3.05, 3.63) is 28.8 Å². The molecule has 1 aromatic carbocycles. The highest BCUT2D eigenvalue weighted by molar-refractivity contribution is 7.89. The molecule has 1 fully saturated rings. The molecular formula is C13H17ClN2O3S. The number of rotatable bonds is 2. The predicted molar refractivity (Wildman–Crippen MR) is 77.1 cm³/mol. The number of nitrogens with zero attached hydrogens (tertiary/aromatic N) is 1. The van der Waals surface area contributed by atoms with Gasteiger partial charge in [0, 0.05) is 13.1 Å². The molecule has 0 unspecified atom stereocenters. The van der Waals surface area contributed by atoms with Crippen LogP contribution < -0.4 is 5.14 Å². The third kappa shape index (κ3) is 3.13. The maximum atomic E-state index is 12.4. The minimum atomic E-state index is -3.85. The predicted octanol–water partition coefficient (Wildman–Crippen LogP) is 1.86. The number of halogens is 1. The van der Waals surface area contributed by atoms with Gasteiger partial charge in [-0.15, -0.1) is 0 Å². The van der Waals surface area contributed by atoms with Gasteiger partial charge in [0.15, 0.2) is 0 Å². The van der Waals surface area contributed by atoms with E-state index in [-0.39, 0.29) is 26.8 Å². The third-order valence-electron chi connectivity index (χ3n) is 3.46. The summed E-state index contributed by atoms with van der Waals surface area (Å²) in [6.07, 6.45) is 0.908. The van der Waals surface area contributed by atoms with Gasteiger partial charge in [0.25, 0.3) is 5.91 Å². The number of likely N-dealkylation sites (tertiary alicyclic amines) is 1. The maximum absolute atomic E-state index is 12.4. The van der Waals surface area contributed by atoms with Crippen molar-refractivity contribution < 1.29 is 13.2 Å². The number of primary sulfonamides is 1. The van der Waals surface area contributed by atoms with Crippen molar-refractivity contribution >= 4 is 27.5 Å². The molecule has 2 rings (SSSR count). The molecule has 2 N–H and O–H groups in total. The lowest BCUT2D eigenvalue weighted by atomic mass is 9.93. The van der Waals surface area contributed by atoms with Crippen LogP contribution in [0.5, 0.6) is 0 Å². The van der Waals surface area contributed by atoms with Gasteiger partial charge in [-0.2, -0.15) is 0 Å². The van der Waals surface area contributed by atoms with E-state index >= 15 is 0 Å². The summed E-state index contributed by atoms with van der Waals surface area (Å²) >= 11 is 6.01. The molecule has 1 aromatic rings. The lowest BCUT2D eigenvalue weighted by molar-refractivity contribution is 0.0778. The molecule has 7 heteroatoms. The van der Waals surface area contributed by atoms with Gasteiger partial charge in [0.1, 0.15) is 0 Å². The summed E-state index contributed by atoms with van der Waals surface area (Å²) in [5, 5.41) is 5.31. The third-order valence-corrected chi connectivity index (χ3v) is 4.70. The van der Waals surface area contributed by atoms with Gasteiger partial charge in [0.05, 0.1) is 15.5 Å². The summed E-state index contributed by atoms with van der Waals surface area (Å²) in [4.78, 5) is 14.0. The van der Waals surface area contributed by atoms with Crippen molar-refractivity contribution in [3.8, 4) is 0 Å². The van der Waals surface area contributed by atoms with E-state index in [1.54, 1.807) is 4.90 Å². The average molecular weight is 317 g/mol. The standard InChI is InChI=1S/C13H17ClN2O3S/c1-13(2)5-6-16(8-13)12(17)10-7-9(20(15,18)19)3-4-11(10)14/h3-4,7H,5-6,8H2,1-2H3,(H2,15,18,19). The van der Waals surface area contributed by atoms with Crippen molar-refractivity contribution in [1.29, 1.82) is 0 Å². The number of amides is 1. The zero-order chi connectivity index (χ0) is 15.1. The van der Waals surface area contributed by atoms with E-state index in [1.165, 1.54) is 18.2 Å². The molecule has 0 radical (unpaired) electrons. The van der Waals surface area contributed by atoms with E-state index in [4.69, 9.17) is 16.7 Å². The fraction of sp³-hybridized carbons (Fsp3) is 0.462. The number of hydrogen-bond acceptors (Lipinski definition) is 3. The number of nitrogens with two attached hydrogens (primary N) is 1. The van der Waals surface area contributed by atoms with Crippen molar-refractivity contribution in [2.45, 2.75) is 25.2 Å². The quantitative estimate of drug-likeness (QED) is 0.904. The first-order valence-electron chi connectivity index (χ1n) is 6.22. The van der Waals surface area contributed by atoms with Crippen LogP contribution in [-0.2, 0) is 10.0 Å². The van der Waals surface area contributed by atoms with Crippen LogP contribution in [0.25, 0.3) is 0 Å². The van der Waals surface area contributed by atoms with E-state index in [0.29, 0.717) is 13.1 Å². The Balaban J connectivity index is 2.35. The zero-order valence-electron chi connectivity index (χ0n) is 11.4. The van der Waals surface area contributed by atoms with Gasteiger partial charge >= 0.3 is 0 Å². The first kappa shape index (κ1) is 15.3. The van der Waals surface area contributed by atoms with Crippen LogP contribution in [0.3, 0.4) is 0 Å². The normalized spacial score (nSPS) is 18.3. The van der Waals surface area contributed by atoms with Gasteiger partial charge in [-0.3, -0.25) is 4.79 Å². The fourth-order valence-electron chi connectivity index (χ4n) is 2.30. The molecule has 0 spiro atoms. The van der Waals surface area contributed by atoms with Gasteiger partial charge in [0.2, 0.25) is 10.0 Å². The summed E-state index contributed by atoms with van der Waals surface area (Å²) in [7, 11) is -3.85. The SMILES string of the molecule is CC1(C)CCN(C(=O)c2cc(S(N)(=O)=O)ccc2Cl)C1. The van der Waals surface area contributed by atoms with E-state index in [2.05, 4.69) is 13.8 Å². The summed E-state index contributed by atoms with van der Waals surface area (Å²) in [6, 6.07) is 3.92. The zero-order valence-corrected chi connectivity index (χ0v) is 13.0. The Hall–Kier alpha value is -1.11. The number of sulfonamides is 1. The van der Waals surface area contributed by atoms with Crippen molar-refractivity contribution in [2.24, 2.45) is 10.6 Å². The minimum Gasteiger partial charge on any atom is -0.338 e. The van der Waals surface area contributed by atoms with E-state index in [9.17, 15) is 13.2 Å². The number of carbonyl (C=O) groups is 1. The molecule has 0 saturated carbocycles. The number of benzene rings is 1. The van der Waals surface area contributed by atoms with Crippen molar-refractivity contribution in [2.75, 3.05) is 13.1 Å². The average Bonchev–Trinajstić information content (AvgIpc) is 2.68. The van der Waals surface area contributed by atoms with E-state index in [1.807, 2.05) is 0 Å². The highest BCUT2D eigenvalue weighted by Gasteiger charge is 2.33. The molecule has 0 atom stereocenters. The summed E-state index contributed by atoms with van der Waals surface area (Å²) in [6.45, 7) is 5.44. The van der Waals surface area contributed by atoms with Crippen LogP contribution in [-0.4, -0.2) is 32.3 Å². The molecule has 0 aliphatic carbocycles. The Bertz CT molecular complexity index is 656. The number of hydrogen-bond donors (Lipinski definition) is 1. The largest absolute Gasteiger partial charge is 0.338 e. The van der Waals surface area contributed by atoms with Crippen LogP contribution in [0.4, 0.5) is 0 Å². The highest BCUT2D eigenvalue weighted by Crippen LogP contribution is 2.31. The van der Waals surface area contributed by atoms with Crippen LogP contribution in [0.15, 0.2) is 23.1 Å². The molecule has 1 saturated heterocycles. The molecule has 1 aliphatic heterocycles. The van der Waals surface area contributed by atoms with E-state index in [0.717, 1.165) is 6.42 Å². The molecular weight excluding hydrogens is 300 g/mol. The van der Waals surface area contributed by atoms with Gasteiger partial charge < -0.3 is 4.90 Å². The topological polar surface area (TPSA) is 80.5 Å². The second-order valence-electron chi connectivity index (χ2n) is 5.83. The molecule has 1 heterocycles. The second kappa shape index (κ2) is 5.02. The van der Waals surface area contributed by atoms with Crippen LogP contribution in [0, 0.1) is 5.41 Å². The minimum absolute atomic E-state index is 0.0691. The molecule has 5 nitrogen and oxygen atoms in total. The lowest BCUT2D eigenvalue weighted by Crippen LogP contribution is -2.30. The number of carbonyl (C=O) groups excluding carboxylic acids is 1. The maximum Gasteiger partial charge on any atom is 0.255 e. The summed E-state index contributed by atoms with van der Waals surface area (Å²) < 4.78 is 22.7. The van der Waals surface area contributed by atoms with Crippen LogP contribution in [0.1, 0.15) is 30.6 Å².